The van der Waals surface area contributed by atoms with E-state index in [0.29, 0.717) is 5.82 Å². The summed E-state index contributed by atoms with van der Waals surface area (Å²) in [5, 5.41) is 8.72. The Morgan fingerprint density at radius 1 is 1.14 bits per heavy atom. The lowest BCUT2D eigenvalue weighted by molar-refractivity contribution is 0.268. The van der Waals surface area contributed by atoms with Crippen molar-refractivity contribution in [3.63, 3.8) is 0 Å². The average Bonchev–Trinajstić information content (AvgIpc) is 2.88. The van der Waals surface area contributed by atoms with Crippen molar-refractivity contribution in [2.24, 2.45) is 5.92 Å². The summed E-state index contributed by atoms with van der Waals surface area (Å²) < 4.78 is 28.5. The molecule has 1 aromatic heterocycles. The van der Waals surface area contributed by atoms with Gasteiger partial charge < -0.3 is 4.57 Å². The third-order valence-corrected chi connectivity index (χ3v) is 6.01. The van der Waals surface area contributed by atoms with Gasteiger partial charge in [-0.05, 0) is 30.9 Å². The normalized spacial score (nSPS) is 16.8. The van der Waals surface area contributed by atoms with Crippen LogP contribution in [0.1, 0.15) is 48.2 Å². The highest BCUT2D eigenvalue weighted by atomic mass is 32.2. The molecule has 2 heterocycles. The molecule has 154 valence electrons. The van der Waals surface area contributed by atoms with Crippen molar-refractivity contribution in [2.75, 3.05) is 19.3 Å². The molecule has 0 fully saturated rings. The van der Waals surface area contributed by atoms with Gasteiger partial charge in [0.15, 0.2) is 5.82 Å². The topological polar surface area (TPSA) is 80.1 Å². The SMILES string of the molecule is Cc1ccc(CN2CCc3nnc([C@@H](NS(C)(=O)=O)C(C)C)n3CC2)c(C)c1. The Balaban J connectivity index is 1.77. The lowest BCUT2D eigenvalue weighted by Crippen LogP contribution is -2.33. The Hall–Kier alpha value is -1.77. The summed E-state index contributed by atoms with van der Waals surface area (Å²) in [4.78, 5) is 2.44. The van der Waals surface area contributed by atoms with Gasteiger partial charge in [-0.3, -0.25) is 4.90 Å². The van der Waals surface area contributed by atoms with Gasteiger partial charge in [0.1, 0.15) is 5.82 Å². The van der Waals surface area contributed by atoms with E-state index in [0.717, 1.165) is 38.4 Å². The zero-order valence-electron chi connectivity index (χ0n) is 17.4. The first-order valence-corrected chi connectivity index (χ1v) is 11.7. The number of aryl methyl sites for hydroxylation is 2. The van der Waals surface area contributed by atoms with Gasteiger partial charge in [-0.2, -0.15) is 0 Å². The van der Waals surface area contributed by atoms with Crippen LogP contribution in [-0.2, 0) is 29.5 Å². The van der Waals surface area contributed by atoms with E-state index in [-0.39, 0.29) is 12.0 Å². The molecule has 0 amide bonds. The molecule has 3 rings (SSSR count). The summed E-state index contributed by atoms with van der Waals surface area (Å²) in [6.45, 7) is 11.7. The van der Waals surface area contributed by atoms with Gasteiger partial charge in [0, 0.05) is 32.6 Å². The number of fused-ring (bicyclic) bond motifs is 1. The van der Waals surface area contributed by atoms with Crippen LogP contribution >= 0.6 is 0 Å². The molecular weight excluding hydrogens is 374 g/mol. The van der Waals surface area contributed by atoms with E-state index < -0.39 is 10.0 Å². The van der Waals surface area contributed by atoms with Crippen molar-refractivity contribution in [1.82, 2.24) is 24.4 Å². The molecule has 0 bridgehead atoms. The quantitative estimate of drug-likeness (QED) is 0.797. The number of benzene rings is 1. The Morgan fingerprint density at radius 3 is 2.54 bits per heavy atom. The van der Waals surface area contributed by atoms with Crippen LogP contribution in [0.4, 0.5) is 0 Å². The van der Waals surface area contributed by atoms with Gasteiger partial charge in [-0.15, -0.1) is 10.2 Å². The number of nitrogens with one attached hydrogen (secondary N) is 1. The zero-order valence-corrected chi connectivity index (χ0v) is 18.3. The maximum Gasteiger partial charge on any atom is 0.209 e. The summed E-state index contributed by atoms with van der Waals surface area (Å²) in [6.07, 6.45) is 2.00. The lowest BCUT2D eigenvalue weighted by atomic mass is 10.0. The van der Waals surface area contributed by atoms with Crippen molar-refractivity contribution in [1.29, 1.82) is 0 Å². The minimum atomic E-state index is -3.33. The zero-order chi connectivity index (χ0) is 20.5. The van der Waals surface area contributed by atoms with Crippen molar-refractivity contribution in [3.8, 4) is 0 Å². The van der Waals surface area contributed by atoms with Crippen LogP contribution < -0.4 is 4.72 Å². The van der Waals surface area contributed by atoms with E-state index in [4.69, 9.17) is 0 Å². The molecule has 1 atom stereocenters. The molecule has 1 aliphatic heterocycles. The van der Waals surface area contributed by atoms with Gasteiger partial charge in [0.2, 0.25) is 10.0 Å². The molecule has 1 aromatic carbocycles. The molecule has 0 radical (unpaired) electrons. The van der Waals surface area contributed by atoms with E-state index in [1.165, 1.54) is 22.9 Å². The summed E-state index contributed by atoms with van der Waals surface area (Å²) >= 11 is 0. The molecule has 8 heteroatoms. The smallest absolute Gasteiger partial charge is 0.209 e. The maximum atomic E-state index is 11.8. The Morgan fingerprint density at radius 2 is 1.89 bits per heavy atom. The van der Waals surface area contributed by atoms with E-state index >= 15 is 0 Å². The van der Waals surface area contributed by atoms with E-state index in [2.05, 4.69) is 56.4 Å². The van der Waals surface area contributed by atoms with Crippen molar-refractivity contribution in [3.05, 3.63) is 46.5 Å². The molecular formula is C20H31N5O2S. The fourth-order valence-corrected chi connectivity index (χ4v) is 4.60. The van der Waals surface area contributed by atoms with Crippen LogP contribution in [0, 0.1) is 19.8 Å². The number of hydrogen-bond donors (Lipinski definition) is 1. The number of nitrogens with zero attached hydrogens (tertiary/aromatic N) is 4. The molecule has 0 spiro atoms. The van der Waals surface area contributed by atoms with E-state index in [9.17, 15) is 8.42 Å². The highest BCUT2D eigenvalue weighted by molar-refractivity contribution is 7.88. The molecule has 1 N–H and O–H groups in total. The lowest BCUT2D eigenvalue weighted by Gasteiger charge is -2.23. The summed E-state index contributed by atoms with van der Waals surface area (Å²) in [7, 11) is -3.33. The maximum absolute atomic E-state index is 11.8. The monoisotopic (exact) mass is 405 g/mol. The first-order chi connectivity index (χ1) is 13.1. The van der Waals surface area contributed by atoms with E-state index in [1.54, 1.807) is 0 Å². The molecule has 28 heavy (non-hydrogen) atoms. The second-order valence-corrected chi connectivity index (χ2v) is 9.97. The molecule has 2 aromatic rings. The summed E-state index contributed by atoms with van der Waals surface area (Å²) in [5.74, 6) is 1.72. The highest BCUT2D eigenvalue weighted by Gasteiger charge is 2.28. The average molecular weight is 406 g/mol. The minimum absolute atomic E-state index is 0.0811. The number of sulfonamides is 1. The first-order valence-electron chi connectivity index (χ1n) is 9.82. The summed E-state index contributed by atoms with van der Waals surface area (Å²) in [5.41, 5.74) is 3.95. The fraction of sp³-hybridized carbons (Fsp3) is 0.600. The minimum Gasteiger partial charge on any atom is -0.312 e. The first kappa shape index (κ1) is 21.0. The van der Waals surface area contributed by atoms with Gasteiger partial charge in [-0.1, -0.05) is 37.6 Å². The molecule has 0 aliphatic carbocycles. The molecule has 0 unspecified atom stereocenters. The second kappa shape index (κ2) is 8.31. The second-order valence-electron chi connectivity index (χ2n) is 8.19. The largest absolute Gasteiger partial charge is 0.312 e. The Kier molecular flexibility index (Phi) is 6.21. The van der Waals surface area contributed by atoms with Crippen LogP contribution in [0.5, 0.6) is 0 Å². The van der Waals surface area contributed by atoms with E-state index in [1.807, 2.05) is 13.8 Å². The molecule has 7 nitrogen and oxygen atoms in total. The van der Waals surface area contributed by atoms with Crippen LogP contribution in [0.3, 0.4) is 0 Å². The fourth-order valence-electron chi connectivity index (χ4n) is 3.76. The van der Waals surface area contributed by atoms with Crippen LogP contribution in [-0.4, -0.2) is 47.4 Å². The Labute approximate surface area is 168 Å². The van der Waals surface area contributed by atoms with Crippen LogP contribution in [0.25, 0.3) is 0 Å². The number of hydrogen-bond acceptors (Lipinski definition) is 5. The third-order valence-electron chi connectivity index (χ3n) is 5.33. The predicted octanol–water partition coefficient (Wildman–Crippen LogP) is 2.20. The van der Waals surface area contributed by atoms with Crippen molar-refractivity contribution in [2.45, 2.75) is 53.2 Å². The highest BCUT2D eigenvalue weighted by Crippen LogP contribution is 2.23. The third kappa shape index (κ3) is 4.98. The number of aromatic nitrogens is 3. The van der Waals surface area contributed by atoms with Crippen LogP contribution in [0.2, 0.25) is 0 Å². The number of rotatable bonds is 6. The summed E-state index contributed by atoms with van der Waals surface area (Å²) in [6, 6.07) is 6.23. The van der Waals surface area contributed by atoms with Gasteiger partial charge in [0.05, 0.1) is 12.3 Å². The predicted molar refractivity (Wildman–Crippen MR) is 110 cm³/mol. The van der Waals surface area contributed by atoms with Gasteiger partial charge in [0.25, 0.3) is 0 Å². The molecule has 0 saturated heterocycles. The van der Waals surface area contributed by atoms with Gasteiger partial charge in [-0.25, -0.2) is 13.1 Å². The molecule has 1 aliphatic rings. The molecule has 0 saturated carbocycles. The van der Waals surface area contributed by atoms with Gasteiger partial charge >= 0.3 is 0 Å². The van der Waals surface area contributed by atoms with Crippen molar-refractivity contribution < 1.29 is 8.42 Å². The van der Waals surface area contributed by atoms with Crippen molar-refractivity contribution >= 4 is 10.0 Å². The Bertz CT molecular complexity index is 936. The van der Waals surface area contributed by atoms with Crippen LogP contribution in [0.15, 0.2) is 18.2 Å². The standard InChI is InChI=1S/C20H31N5O2S/c1-14(2)19(23-28(5,26)27)20-22-21-18-8-9-24(10-11-25(18)20)13-17-7-6-15(3)12-16(17)4/h6-7,12,14,19,23H,8-11,13H2,1-5H3/t19-/m0/s1.